The maximum Gasteiger partial charge on any atom is 0.342 e. The Morgan fingerprint density at radius 2 is 1.89 bits per heavy atom. The minimum atomic E-state index is -0.322. The van der Waals surface area contributed by atoms with Gasteiger partial charge in [-0.15, -0.1) is 0 Å². The van der Waals surface area contributed by atoms with Crippen LogP contribution >= 0.6 is 15.9 Å². The van der Waals surface area contributed by atoms with Gasteiger partial charge in [-0.2, -0.15) is 0 Å². The zero-order chi connectivity index (χ0) is 19.2. The van der Waals surface area contributed by atoms with Crippen LogP contribution in [0.4, 0.5) is 5.69 Å². The van der Waals surface area contributed by atoms with E-state index in [-0.39, 0.29) is 5.97 Å². The van der Waals surface area contributed by atoms with Crippen LogP contribution in [0.1, 0.15) is 41.4 Å². The summed E-state index contributed by atoms with van der Waals surface area (Å²) in [7, 11) is 0. The number of carbonyl (C=O) groups excluding carboxylic acids is 1. The Bertz CT molecular complexity index is 939. The number of fused-ring (bicyclic) bond motifs is 1. The number of hydrogen-bond donors (Lipinski definition) is 1. The molecule has 3 aromatic rings. The van der Waals surface area contributed by atoms with Gasteiger partial charge in [-0.1, -0.05) is 59.6 Å². The van der Waals surface area contributed by atoms with Crippen LogP contribution < -0.4 is 5.32 Å². The molecule has 1 heterocycles. The first kappa shape index (κ1) is 19.4. The maximum atomic E-state index is 12.8. The Hall–Kier alpha value is -2.40. The molecule has 27 heavy (non-hydrogen) atoms. The van der Waals surface area contributed by atoms with E-state index in [9.17, 15) is 4.79 Å². The number of hydrogen-bond acceptors (Lipinski definition) is 4. The standard InChI is InChI=1S/C22H23BrN2O2/c1-3-4-13-27-22(26)20-15(2)25-19-8-6-5-7-18(19)21(20)24-14-16-9-11-17(23)12-10-16/h5-12H,3-4,13-14H2,1-2H3,(H,24,25). The van der Waals surface area contributed by atoms with Gasteiger partial charge in [0.25, 0.3) is 0 Å². The van der Waals surface area contributed by atoms with Gasteiger partial charge in [-0.3, -0.25) is 4.98 Å². The van der Waals surface area contributed by atoms with Gasteiger partial charge in [-0.25, -0.2) is 4.79 Å². The number of nitrogens with one attached hydrogen (secondary N) is 1. The average molecular weight is 427 g/mol. The smallest absolute Gasteiger partial charge is 0.342 e. The quantitative estimate of drug-likeness (QED) is 0.378. The number of carbonyl (C=O) groups is 1. The van der Waals surface area contributed by atoms with E-state index in [1.165, 1.54) is 0 Å². The molecule has 5 heteroatoms. The van der Waals surface area contributed by atoms with E-state index < -0.39 is 0 Å². The molecular formula is C22H23BrN2O2. The van der Waals surface area contributed by atoms with Crippen LogP contribution in [0.5, 0.6) is 0 Å². The lowest BCUT2D eigenvalue weighted by Gasteiger charge is -2.16. The van der Waals surface area contributed by atoms with Crippen molar-refractivity contribution < 1.29 is 9.53 Å². The van der Waals surface area contributed by atoms with Crippen LogP contribution in [-0.2, 0) is 11.3 Å². The van der Waals surface area contributed by atoms with Crippen molar-refractivity contribution in [3.05, 3.63) is 69.8 Å². The monoisotopic (exact) mass is 426 g/mol. The van der Waals surface area contributed by atoms with Gasteiger partial charge in [0.05, 0.1) is 23.5 Å². The van der Waals surface area contributed by atoms with Crippen molar-refractivity contribution in [2.24, 2.45) is 0 Å². The Morgan fingerprint density at radius 3 is 2.63 bits per heavy atom. The molecule has 0 spiro atoms. The predicted molar refractivity (Wildman–Crippen MR) is 113 cm³/mol. The van der Waals surface area contributed by atoms with E-state index in [2.05, 4.69) is 33.2 Å². The summed E-state index contributed by atoms with van der Waals surface area (Å²) in [4.78, 5) is 17.4. The molecule has 0 saturated heterocycles. The van der Waals surface area contributed by atoms with Crippen molar-refractivity contribution in [1.82, 2.24) is 4.98 Å². The van der Waals surface area contributed by atoms with E-state index >= 15 is 0 Å². The lowest BCUT2D eigenvalue weighted by molar-refractivity contribution is 0.0499. The topological polar surface area (TPSA) is 51.2 Å². The SMILES string of the molecule is CCCCOC(=O)c1c(C)nc2ccccc2c1NCc1ccc(Br)cc1. The number of halogens is 1. The van der Waals surface area contributed by atoms with Crippen molar-refractivity contribution in [1.29, 1.82) is 0 Å². The summed E-state index contributed by atoms with van der Waals surface area (Å²) in [6, 6.07) is 16.0. The van der Waals surface area contributed by atoms with Crippen LogP contribution in [0.15, 0.2) is 53.0 Å². The number of nitrogens with zero attached hydrogens (tertiary/aromatic N) is 1. The number of ether oxygens (including phenoxy) is 1. The van der Waals surface area contributed by atoms with E-state index in [4.69, 9.17) is 4.74 Å². The third-order valence-corrected chi connectivity index (χ3v) is 4.92. The molecule has 0 unspecified atom stereocenters. The number of unbranched alkanes of at least 4 members (excludes halogenated alkanes) is 1. The normalized spacial score (nSPS) is 10.8. The van der Waals surface area contributed by atoms with E-state index in [1.807, 2.05) is 55.5 Å². The lowest BCUT2D eigenvalue weighted by Crippen LogP contribution is -2.14. The molecule has 140 valence electrons. The Balaban J connectivity index is 1.97. The number of rotatable bonds is 7. The molecule has 0 saturated carbocycles. The Labute approximate surface area is 168 Å². The molecule has 3 rings (SSSR count). The fourth-order valence-electron chi connectivity index (χ4n) is 2.94. The zero-order valence-corrected chi connectivity index (χ0v) is 17.2. The number of aromatic nitrogens is 1. The number of aryl methyl sites for hydroxylation is 1. The van der Waals surface area contributed by atoms with E-state index in [1.54, 1.807) is 0 Å². The molecule has 0 radical (unpaired) electrons. The highest BCUT2D eigenvalue weighted by molar-refractivity contribution is 9.10. The highest BCUT2D eigenvalue weighted by Crippen LogP contribution is 2.30. The molecule has 0 bridgehead atoms. The lowest BCUT2D eigenvalue weighted by atomic mass is 10.1. The summed E-state index contributed by atoms with van der Waals surface area (Å²) in [5, 5.41) is 4.37. The molecule has 0 fully saturated rings. The molecule has 0 aliphatic carbocycles. The fraction of sp³-hybridized carbons (Fsp3) is 0.273. The largest absolute Gasteiger partial charge is 0.462 e. The van der Waals surface area contributed by atoms with Crippen molar-refractivity contribution in [3.8, 4) is 0 Å². The fourth-order valence-corrected chi connectivity index (χ4v) is 3.21. The second kappa shape index (κ2) is 9.00. The van der Waals surface area contributed by atoms with Crippen LogP contribution in [0, 0.1) is 6.92 Å². The molecular weight excluding hydrogens is 404 g/mol. The molecule has 4 nitrogen and oxygen atoms in total. The Morgan fingerprint density at radius 1 is 1.15 bits per heavy atom. The highest BCUT2D eigenvalue weighted by Gasteiger charge is 2.20. The highest BCUT2D eigenvalue weighted by atomic mass is 79.9. The Kier molecular flexibility index (Phi) is 6.45. The van der Waals surface area contributed by atoms with Crippen LogP contribution in [0.3, 0.4) is 0 Å². The van der Waals surface area contributed by atoms with Gasteiger partial charge in [-0.05, 0) is 37.1 Å². The predicted octanol–water partition coefficient (Wildman–Crippen LogP) is 5.87. The van der Waals surface area contributed by atoms with Crippen molar-refractivity contribution in [2.75, 3.05) is 11.9 Å². The number of pyridine rings is 1. The van der Waals surface area contributed by atoms with Gasteiger partial charge in [0.15, 0.2) is 0 Å². The minimum Gasteiger partial charge on any atom is -0.462 e. The third kappa shape index (κ3) is 4.66. The second-order valence-corrected chi connectivity index (χ2v) is 7.35. The number of esters is 1. The summed E-state index contributed by atoms with van der Waals surface area (Å²) in [6.45, 7) is 4.96. The molecule has 0 aliphatic rings. The van der Waals surface area contributed by atoms with Crippen molar-refractivity contribution >= 4 is 38.5 Å². The van der Waals surface area contributed by atoms with E-state index in [0.29, 0.717) is 24.4 Å². The zero-order valence-electron chi connectivity index (χ0n) is 15.6. The van der Waals surface area contributed by atoms with Crippen LogP contribution in [0.25, 0.3) is 10.9 Å². The number of benzene rings is 2. The first-order valence-corrected chi connectivity index (χ1v) is 9.94. The first-order valence-electron chi connectivity index (χ1n) is 9.15. The van der Waals surface area contributed by atoms with Gasteiger partial charge in [0.1, 0.15) is 5.56 Å². The molecule has 1 N–H and O–H groups in total. The van der Waals surface area contributed by atoms with Gasteiger partial charge in [0, 0.05) is 16.4 Å². The maximum absolute atomic E-state index is 12.8. The summed E-state index contributed by atoms with van der Waals surface area (Å²) in [5.41, 5.74) is 3.96. The van der Waals surface area contributed by atoms with Gasteiger partial charge >= 0.3 is 5.97 Å². The summed E-state index contributed by atoms with van der Waals surface area (Å²) >= 11 is 3.45. The van der Waals surface area contributed by atoms with Gasteiger partial charge in [0.2, 0.25) is 0 Å². The molecule has 0 atom stereocenters. The van der Waals surface area contributed by atoms with E-state index in [0.717, 1.165) is 39.5 Å². The average Bonchev–Trinajstić information content (AvgIpc) is 2.67. The molecule has 0 amide bonds. The first-order chi connectivity index (χ1) is 13.1. The van der Waals surface area contributed by atoms with Crippen LogP contribution in [-0.4, -0.2) is 17.6 Å². The summed E-state index contributed by atoms with van der Waals surface area (Å²) < 4.78 is 6.52. The molecule has 0 aliphatic heterocycles. The van der Waals surface area contributed by atoms with Crippen LogP contribution in [0.2, 0.25) is 0 Å². The third-order valence-electron chi connectivity index (χ3n) is 4.39. The number of para-hydroxylation sites is 1. The van der Waals surface area contributed by atoms with Crippen molar-refractivity contribution in [3.63, 3.8) is 0 Å². The second-order valence-electron chi connectivity index (χ2n) is 6.43. The summed E-state index contributed by atoms with van der Waals surface area (Å²) in [5.74, 6) is -0.322. The van der Waals surface area contributed by atoms with Crippen molar-refractivity contribution in [2.45, 2.75) is 33.2 Å². The summed E-state index contributed by atoms with van der Waals surface area (Å²) in [6.07, 6.45) is 1.84. The minimum absolute atomic E-state index is 0.322. The molecule has 2 aromatic carbocycles. The van der Waals surface area contributed by atoms with Gasteiger partial charge < -0.3 is 10.1 Å². The molecule has 1 aromatic heterocycles. The number of anilines is 1.